The molecule has 0 aliphatic heterocycles. The Labute approximate surface area is 148 Å². The first-order chi connectivity index (χ1) is 12.3. The zero-order chi connectivity index (χ0) is 19.2. The highest BCUT2D eigenvalue weighted by atomic mass is 19.3. The molecule has 2 aromatic rings. The summed E-state index contributed by atoms with van der Waals surface area (Å²) in [6.07, 6.45) is -1.80. The third-order valence-corrected chi connectivity index (χ3v) is 3.57. The molecule has 6 heteroatoms. The quantitative estimate of drug-likeness (QED) is 0.388. The van der Waals surface area contributed by atoms with Gasteiger partial charge in [0, 0.05) is 5.56 Å². The summed E-state index contributed by atoms with van der Waals surface area (Å²) in [6.45, 7) is 1.91. The maximum absolute atomic E-state index is 14.3. The highest BCUT2D eigenvalue weighted by Gasteiger charge is 2.30. The second-order valence-corrected chi connectivity index (χ2v) is 5.54. The Morgan fingerprint density at radius 2 is 1.77 bits per heavy atom. The van der Waals surface area contributed by atoms with E-state index in [0.717, 1.165) is 12.0 Å². The van der Waals surface area contributed by atoms with Crippen LogP contribution >= 0.6 is 0 Å². The van der Waals surface area contributed by atoms with Gasteiger partial charge in [0.1, 0.15) is 11.6 Å². The number of ether oxygens (including phenoxy) is 1. The molecule has 0 bridgehead atoms. The Hall–Kier alpha value is -2.63. The maximum atomic E-state index is 14.3. The fourth-order valence-corrected chi connectivity index (χ4v) is 2.38. The average molecular weight is 368 g/mol. The van der Waals surface area contributed by atoms with Crippen LogP contribution in [0.4, 0.5) is 22.0 Å². The monoisotopic (exact) mass is 368 g/mol. The summed E-state index contributed by atoms with van der Waals surface area (Å²) in [5.41, 5.74) is 1.63. The average Bonchev–Trinajstić information content (AvgIpc) is 2.54. The summed E-state index contributed by atoms with van der Waals surface area (Å²) >= 11 is 0. The van der Waals surface area contributed by atoms with Crippen LogP contribution in [0.15, 0.2) is 66.8 Å². The van der Waals surface area contributed by atoms with Crippen molar-refractivity contribution < 1.29 is 26.7 Å². The van der Waals surface area contributed by atoms with Gasteiger partial charge in [-0.25, -0.2) is 4.39 Å². The summed E-state index contributed by atoms with van der Waals surface area (Å²) in [7, 11) is 0. The zero-order valence-corrected chi connectivity index (χ0v) is 14.0. The first-order valence-corrected chi connectivity index (χ1v) is 7.91. The standard InChI is InChI=1S/C20H17F5O/c1-2-3-4-5-14-6-11-17(18(21)12-14)15-7-9-16(10-8-15)26-20(24,25)13-19(22)23/h2-3,6-13H,4-5H2,1H3/b3-2+. The van der Waals surface area contributed by atoms with Crippen LogP contribution in [0, 0.1) is 5.82 Å². The van der Waals surface area contributed by atoms with Crippen LogP contribution in [0.1, 0.15) is 18.9 Å². The fraction of sp³-hybridized carbons (Fsp3) is 0.200. The molecule has 0 radical (unpaired) electrons. The van der Waals surface area contributed by atoms with Crippen LogP contribution in [0.2, 0.25) is 0 Å². The summed E-state index contributed by atoms with van der Waals surface area (Å²) in [5.74, 6) is -0.732. The summed E-state index contributed by atoms with van der Waals surface area (Å²) in [5, 5.41) is 0. The topological polar surface area (TPSA) is 9.23 Å². The third kappa shape index (κ3) is 5.72. The number of hydrogen-bond donors (Lipinski definition) is 0. The van der Waals surface area contributed by atoms with Gasteiger partial charge in [-0.05, 0) is 49.1 Å². The summed E-state index contributed by atoms with van der Waals surface area (Å²) in [4.78, 5) is 0. The number of rotatable bonds is 7. The molecule has 0 fully saturated rings. The number of allylic oxidation sites excluding steroid dienone is 2. The molecule has 0 aromatic heterocycles. The van der Waals surface area contributed by atoms with Crippen molar-refractivity contribution in [2.24, 2.45) is 0 Å². The van der Waals surface area contributed by atoms with E-state index in [1.54, 1.807) is 12.1 Å². The van der Waals surface area contributed by atoms with Gasteiger partial charge in [-0.3, -0.25) is 0 Å². The van der Waals surface area contributed by atoms with Crippen LogP contribution in [-0.4, -0.2) is 6.11 Å². The second kappa shape index (κ2) is 8.65. The first-order valence-electron chi connectivity index (χ1n) is 7.91. The summed E-state index contributed by atoms with van der Waals surface area (Å²) in [6, 6.07) is 9.98. The molecule has 0 aliphatic carbocycles. The highest BCUT2D eigenvalue weighted by molar-refractivity contribution is 5.65. The molecule has 0 atom stereocenters. The number of benzene rings is 2. The van der Waals surface area contributed by atoms with Gasteiger partial charge in [0.2, 0.25) is 0 Å². The van der Waals surface area contributed by atoms with Crippen molar-refractivity contribution in [3.8, 4) is 16.9 Å². The number of hydrogen-bond acceptors (Lipinski definition) is 1. The van der Waals surface area contributed by atoms with E-state index in [4.69, 9.17) is 0 Å². The number of halogens is 5. The van der Waals surface area contributed by atoms with Gasteiger partial charge in [-0.2, -0.15) is 17.6 Å². The van der Waals surface area contributed by atoms with Crippen LogP contribution in [0.5, 0.6) is 5.75 Å². The van der Waals surface area contributed by atoms with Crippen LogP contribution in [0.25, 0.3) is 11.1 Å². The predicted octanol–water partition coefficient (Wildman–Crippen LogP) is 6.75. The van der Waals surface area contributed by atoms with Crippen LogP contribution < -0.4 is 4.74 Å². The lowest BCUT2D eigenvalue weighted by molar-refractivity contribution is -0.133. The molecule has 0 spiro atoms. The van der Waals surface area contributed by atoms with Crippen molar-refractivity contribution in [3.05, 3.63) is 78.2 Å². The zero-order valence-electron chi connectivity index (χ0n) is 14.0. The van der Waals surface area contributed by atoms with Gasteiger partial charge in [-0.1, -0.05) is 36.4 Å². The van der Waals surface area contributed by atoms with Crippen LogP contribution in [-0.2, 0) is 6.42 Å². The molecule has 0 N–H and O–H groups in total. The molecule has 138 valence electrons. The minimum atomic E-state index is -4.12. The normalized spacial score (nSPS) is 11.6. The lowest BCUT2D eigenvalue weighted by Crippen LogP contribution is -2.21. The molecule has 26 heavy (non-hydrogen) atoms. The first kappa shape index (κ1) is 19.7. The smallest absolute Gasteiger partial charge is 0.425 e. The van der Waals surface area contributed by atoms with E-state index < -0.39 is 24.1 Å². The summed E-state index contributed by atoms with van der Waals surface area (Å²) < 4.78 is 68.8. The van der Waals surface area contributed by atoms with Crippen molar-refractivity contribution in [1.29, 1.82) is 0 Å². The lowest BCUT2D eigenvalue weighted by atomic mass is 10.0. The highest BCUT2D eigenvalue weighted by Crippen LogP contribution is 2.29. The van der Waals surface area contributed by atoms with Gasteiger partial charge in [0.05, 0.1) is 6.08 Å². The molecule has 0 heterocycles. The molecule has 0 saturated heterocycles. The van der Waals surface area contributed by atoms with Crippen LogP contribution in [0.3, 0.4) is 0 Å². The Bertz CT molecular complexity index is 790. The Kier molecular flexibility index (Phi) is 6.55. The van der Waals surface area contributed by atoms with Crippen molar-refractivity contribution >= 4 is 0 Å². The molecule has 1 nitrogen and oxygen atoms in total. The molecule has 0 amide bonds. The van der Waals surface area contributed by atoms with E-state index in [2.05, 4.69) is 4.74 Å². The van der Waals surface area contributed by atoms with E-state index in [1.165, 1.54) is 30.3 Å². The predicted molar refractivity (Wildman–Crippen MR) is 90.8 cm³/mol. The largest absolute Gasteiger partial charge is 0.429 e. The van der Waals surface area contributed by atoms with E-state index in [-0.39, 0.29) is 5.75 Å². The molecule has 2 aromatic carbocycles. The third-order valence-electron chi connectivity index (χ3n) is 3.57. The molecule has 2 rings (SSSR count). The Morgan fingerprint density at radius 3 is 2.35 bits per heavy atom. The molecule has 0 aliphatic rings. The minimum Gasteiger partial charge on any atom is -0.429 e. The Morgan fingerprint density at radius 1 is 1.08 bits per heavy atom. The van der Waals surface area contributed by atoms with Gasteiger partial charge in [0.25, 0.3) is 6.08 Å². The van der Waals surface area contributed by atoms with E-state index in [9.17, 15) is 22.0 Å². The van der Waals surface area contributed by atoms with Gasteiger partial charge in [-0.15, -0.1) is 0 Å². The van der Waals surface area contributed by atoms with Crippen molar-refractivity contribution in [3.63, 3.8) is 0 Å². The molecule has 0 unspecified atom stereocenters. The van der Waals surface area contributed by atoms with Crippen molar-refractivity contribution in [1.82, 2.24) is 0 Å². The van der Waals surface area contributed by atoms with E-state index in [1.807, 2.05) is 19.1 Å². The van der Waals surface area contributed by atoms with Gasteiger partial charge >= 0.3 is 6.11 Å². The van der Waals surface area contributed by atoms with Gasteiger partial charge < -0.3 is 4.74 Å². The molecular formula is C20H17F5O. The molecule has 0 saturated carbocycles. The number of aryl methyl sites for hydroxylation is 1. The van der Waals surface area contributed by atoms with E-state index >= 15 is 0 Å². The SMILES string of the molecule is C/C=C/CCc1ccc(-c2ccc(OC(F)(F)C=C(F)F)cc2)c(F)c1. The maximum Gasteiger partial charge on any atom is 0.425 e. The Balaban J connectivity index is 2.14. The van der Waals surface area contributed by atoms with Crippen molar-refractivity contribution in [2.45, 2.75) is 25.9 Å². The fourth-order valence-electron chi connectivity index (χ4n) is 2.38. The van der Waals surface area contributed by atoms with Crippen molar-refractivity contribution in [2.75, 3.05) is 0 Å². The minimum absolute atomic E-state index is 0.306. The molecular weight excluding hydrogens is 351 g/mol. The number of alkyl halides is 2. The van der Waals surface area contributed by atoms with E-state index in [0.29, 0.717) is 17.5 Å². The second-order valence-electron chi connectivity index (χ2n) is 5.54. The van der Waals surface area contributed by atoms with Gasteiger partial charge in [0.15, 0.2) is 0 Å². The lowest BCUT2D eigenvalue weighted by Gasteiger charge is -2.14.